The van der Waals surface area contributed by atoms with E-state index in [0.29, 0.717) is 12.3 Å². The van der Waals surface area contributed by atoms with Crippen LogP contribution in [0.15, 0.2) is 77.7 Å². The molecule has 0 aliphatic rings. The van der Waals surface area contributed by atoms with Crippen LogP contribution in [0, 0.1) is 6.92 Å². The van der Waals surface area contributed by atoms with Gasteiger partial charge in [0, 0.05) is 13.1 Å². The largest absolute Gasteiger partial charge is 0.497 e. The fraction of sp³-hybridized carbons (Fsp3) is 0.333. The second-order valence-electron chi connectivity index (χ2n) is 9.47. The third kappa shape index (κ3) is 7.76. The predicted molar refractivity (Wildman–Crippen MR) is 158 cm³/mol. The number of nitrogens with one attached hydrogen (secondary N) is 1. The van der Waals surface area contributed by atoms with Crippen molar-refractivity contribution in [1.82, 2.24) is 10.2 Å². The van der Waals surface area contributed by atoms with Crippen LogP contribution in [0.2, 0.25) is 5.02 Å². The third-order valence-electron chi connectivity index (χ3n) is 6.52. The third-order valence-corrected chi connectivity index (χ3v) is 8.61. The van der Waals surface area contributed by atoms with E-state index in [4.69, 9.17) is 16.3 Å². The highest BCUT2D eigenvalue weighted by Gasteiger charge is 2.33. The highest BCUT2D eigenvalue weighted by atomic mass is 35.5. The number of halogens is 1. The zero-order valence-electron chi connectivity index (χ0n) is 23.3. The quantitative estimate of drug-likeness (QED) is 0.279. The minimum atomic E-state index is -4.18. The molecule has 40 heavy (non-hydrogen) atoms. The molecule has 0 unspecified atom stereocenters. The first-order valence-corrected chi connectivity index (χ1v) is 14.9. The van der Waals surface area contributed by atoms with Crippen molar-refractivity contribution in [2.24, 2.45) is 0 Å². The van der Waals surface area contributed by atoms with Crippen LogP contribution in [-0.4, -0.2) is 51.4 Å². The van der Waals surface area contributed by atoms with E-state index in [9.17, 15) is 18.0 Å². The summed E-state index contributed by atoms with van der Waals surface area (Å²) in [7, 11) is -2.62. The minimum Gasteiger partial charge on any atom is -0.497 e. The van der Waals surface area contributed by atoms with E-state index in [2.05, 4.69) is 5.32 Å². The summed E-state index contributed by atoms with van der Waals surface area (Å²) in [5.41, 5.74) is 1.82. The fourth-order valence-electron chi connectivity index (χ4n) is 4.05. The van der Waals surface area contributed by atoms with Gasteiger partial charge in [0.15, 0.2) is 0 Å². The van der Waals surface area contributed by atoms with E-state index in [-0.39, 0.29) is 28.1 Å². The molecule has 10 heteroatoms. The molecule has 0 bridgehead atoms. The first-order chi connectivity index (χ1) is 19.1. The van der Waals surface area contributed by atoms with Crippen molar-refractivity contribution < 1.29 is 22.7 Å². The molecule has 1 atom stereocenters. The second kappa shape index (κ2) is 14.2. The average molecular weight is 586 g/mol. The molecule has 0 fully saturated rings. The van der Waals surface area contributed by atoms with E-state index in [0.717, 1.165) is 28.3 Å². The summed E-state index contributed by atoms with van der Waals surface area (Å²) in [4.78, 5) is 28.4. The lowest BCUT2D eigenvalue weighted by Gasteiger charge is -2.32. The number of sulfonamides is 1. The number of nitrogens with zero attached hydrogens (tertiary/aromatic N) is 2. The maximum atomic E-state index is 13.9. The van der Waals surface area contributed by atoms with Gasteiger partial charge in [-0.3, -0.25) is 13.9 Å². The van der Waals surface area contributed by atoms with Crippen LogP contribution in [0.4, 0.5) is 5.69 Å². The lowest BCUT2D eigenvalue weighted by Crippen LogP contribution is -2.51. The van der Waals surface area contributed by atoms with Crippen LogP contribution in [-0.2, 0) is 26.2 Å². The van der Waals surface area contributed by atoms with Crippen LogP contribution in [0.25, 0.3) is 0 Å². The van der Waals surface area contributed by atoms with Crippen molar-refractivity contribution in [2.45, 2.75) is 51.1 Å². The van der Waals surface area contributed by atoms with Gasteiger partial charge in [-0.1, -0.05) is 66.9 Å². The lowest BCUT2D eigenvalue weighted by molar-refractivity contribution is -0.139. The topological polar surface area (TPSA) is 96.0 Å². The number of anilines is 1. The Labute approximate surface area is 241 Å². The molecule has 0 spiro atoms. The first-order valence-electron chi connectivity index (χ1n) is 13.1. The lowest BCUT2D eigenvalue weighted by atomic mass is 10.1. The Kier molecular flexibility index (Phi) is 11.0. The number of amides is 2. The normalized spacial score (nSPS) is 11.9. The summed E-state index contributed by atoms with van der Waals surface area (Å²) in [6.07, 6.45) is 1.72. The van der Waals surface area contributed by atoms with Gasteiger partial charge in [0.05, 0.1) is 22.7 Å². The molecular formula is C30H36ClN3O5S. The van der Waals surface area contributed by atoms with Gasteiger partial charge in [-0.25, -0.2) is 8.42 Å². The Bertz CT molecular complexity index is 1400. The van der Waals surface area contributed by atoms with Crippen molar-refractivity contribution in [3.05, 3.63) is 88.9 Å². The Balaban J connectivity index is 2.00. The van der Waals surface area contributed by atoms with Crippen molar-refractivity contribution in [1.29, 1.82) is 0 Å². The monoisotopic (exact) mass is 585 g/mol. The first kappa shape index (κ1) is 31.0. The molecule has 214 valence electrons. The standard InChI is InChI=1S/C30H36ClN3O5S/c1-5-6-19-32-30(36)23(3)33(20-24-13-15-25(39-4)16-14-24)29(35)21-34(28-10-8-7-9-27(28)31)40(37,38)26-17-11-22(2)12-18-26/h7-18,23H,5-6,19-21H2,1-4H3,(H,32,36)/t23-/m1/s1. The molecule has 0 saturated carbocycles. The molecule has 8 nitrogen and oxygen atoms in total. The summed E-state index contributed by atoms with van der Waals surface area (Å²) in [5.74, 6) is -0.216. The van der Waals surface area contributed by atoms with Crippen molar-refractivity contribution in [3.63, 3.8) is 0 Å². The predicted octanol–water partition coefficient (Wildman–Crippen LogP) is 5.19. The average Bonchev–Trinajstić information content (AvgIpc) is 2.95. The molecular weight excluding hydrogens is 550 g/mol. The van der Waals surface area contributed by atoms with Crippen LogP contribution in [0.3, 0.4) is 0 Å². The highest BCUT2D eigenvalue weighted by Crippen LogP contribution is 2.31. The van der Waals surface area contributed by atoms with Gasteiger partial charge in [-0.05, 0) is 62.2 Å². The molecule has 0 aromatic heterocycles. The Hall–Kier alpha value is -3.56. The van der Waals surface area contributed by atoms with Gasteiger partial charge < -0.3 is 15.0 Å². The van der Waals surface area contributed by atoms with Crippen LogP contribution in [0.1, 0.15) is 37.8 Å². The van der Waals surface area contributed by atoms with Gasteiger partial charge in [0.25, 0.3) is 10.0 Å². The van der Waals surface area contributed by atoms with E-state index in [1.54, 1.807) is 74.7 Å². The molecule has 0 radical (unpaired) electrons. The number of unbranched alkanes of at least 4 members (excludes halogenated alkanes) is 1. The fourth-order valence-corrected chi connectivity index (χ4v) is 5.77. The number of rotatable bonds is 13. The van der Waals surface area contributed by atoms with Gasteiger partial charge in [-0.2, -0.15) is 0 Å². The summed E-state index contributed by atoms with van der Waals surface area (Å²) in [5, 5.41) is 3.05. The van der Waals surface area contributed by atoms with Crippen LogP contribution >= 0.6 is 11.6 Å². The summed E-state index contributed by atoms with van der Waals surface area (Å²) < 4.78 is 34.0. The smallest absolute Gasteiger partial charge is 0.264 e. The molecule has 3 aromatic carbocycles. The molecule has 3 rings (SSSR count). The van der Waals surface area contributed by atoms with E-state index < -0.39 is 28.5 Å². The molecule has 0 saturated heterocycles. The molecule has 3 aromatic rings. The zero-order chi connectivity index (χ0) is 29.3. The SMILES string of the molecule is CCCCNC(=O)[C@@H](C)N(Cc1ccc(OC)cc1)C(=O)CN(c1ccccc1Cl)S(=O)(=O)c1ccc(C)cc1. The van der Waals surface area contributed by atoms with Gasteiger partial charge in [0.2, 0.25) is 11.8 Å². The number of carbonyl (C=O) groups excluding carboxylic acids is 2. The highest BCUT2D eigenvalue weighted by molar-refractivity contribution is 7.92. The van der Waals surface area contributed by atoms with Crippen molar-refractivity contribution in [2.75, 3.05) is 24.5 Å². The van der Waals surface area contributed by atoms with E-state index in [1.807, 2.05) is 13.8 Å². The van der Waals surface area contributed by atoms with Gasteiger partial charge in [-0.15, -0.1) is 0 Å². The maximum absolute atomic E-state index is 13.9. The minimum absolute atomic E-state index is 0.0258. The number of methoxy groups -OCH3 is 1. The number of ether oxygens (including phenoxy) is 1. The number of hydrogen-bond acceptors (Lipinski definition) is 5. The number of aryl methyl sites for hydroxylation is 1. The number of carbonyl (C=O) groups is 2. The zero-order valence-corrected chi connectivity index (χ0v) is 24.8. The molecule has 1 N–H and O–H groups in total. The Morgan fingerprint density at radius 1 is 1.00 bits per heavy atom. The van der Waals surface area contributed by atoms with Crippen LogP contribution < -0.4 is 14.4 Å². The van der Waals surface area contributed by atoms with Gasteiger partial charge >= 0.3 is 0 Å². The second-order valence-corrected chi connectivity index (χ2v) is 11.7. The molecule has 0 heterocycles. The maximum Gasteiger partial charge on any atom is 0.264 e. The number of hydrogen-bond donors (Lipinski definition) is 1. The Morgan fingerprint density at radius 2 is 1.65 bits per heavy atom. The number of para-hydroxylation sites is 1. The molecule has 2 amide bonds. The molecule has 0 aliphatic heterocycles. The Morgan fingerprint density at radius 3 is 2.25 bits per heavy atom. The van der Waals surface area contributed by atoms with E-state index in [1.165, 1.54) is 17.0 Å². The van der Waals surface area contributed by atoms with Crippen molar-refractivity contribution >= 4 is 39.1 Å². The summed E-state index contributed by atoms with van der Waals surface area (Å²) >= 11 is 6.44. The van der Waals surface area contributed by atoms with Crippen LogP contribution in [0.5, 0.6) is 5.75 Å². The number of benzene rings is 3. The molecule has 0 aliphatic carbocycles. The summed E-state index contributed by atoms with van der Waals surface area (Å²) in [6, 6.07) is 19.1. The van der Waals surface area contributed by atoms with Gasteiger partial charge in [0.1, 0.15) is 18.3 Å². The van der Waals surface area contributed by atoms with Crippen molar-refractivity contribution in [3.8, 4) is 5.75 Å². The van der Waals surface area contributed by atoms with E-state index >= 15 is 0 Å². The summed E-state index contributed by atoms with van der Waals surface area (Å²) in [6.45, 7) is 5.53.